The van der Waals surface area contributed by atoms with Gasteiger partial charge in [-0.1, -0.05) is 12.1 Å². The molecule has 0 bridgehead atoms. The van der Waals surface area contributed by atoms with Gasteiger partial charge in [-0.05, 0) is 73.6 Å². The number of carbonyl (C=O) groups is 3. The number of amides is 2. The van der Waals surface area contributed by atoms with Crippen molar-refractivity contribution in [3.05, 3.63) is 70.8 Å². The quantitative estimate of drug-likeness (QED) is 0.256. The second-order valence-corrected chi connectivity index (χ2v) is 8.25. The van der Waals surface area contributed by atoms with Crippen molar-refractivity contribution in [3.8, 4) is 0 Å². The molecular weight excluding hydrogens is 460 g/mol. The van der Waals surface area contributed by atoms with Gasteiger partial charge in [-0.3, -0.25) is 9.59 Å². The second kappa shape index (κ2) is 14.1. The number of nitrogens with one attached hydrogen (secondary N) is 2. The Morgan fingerprint density at radius 2 is 1.60 bits per heavy atom. The topological polar surface area (TPSA) is 142 Å². The lowest BCUT2D eigenvalue weighted by molar-refractivity contribution is -0.130. The summed E-state index contributed by atoms with van der Waals surface area (Å²) < 4.78 is 26.7. The maximum Gasteiger partial charge on any atom is 0.335 e. The van der Waals surface area contributed by atoms with Crippen LogP contribution in [0.4, 0.5) is 8.78 Å². The third-order valence-electron chi connectivity index (χ3n) is 5.43. The molecule has 2 aromatic carbocycles. The van der Waals surface area contributed by atoms with Gasteiger partial charge in [0.15, 0.2) is 0 Å². The van der Waals surface area contributed by atoms with Gasteiger partial charge in [0.25, 0.3) is 0 Å². The number of carboxylic acid groups (broad SMARTS) is 1. The van der Waals surface area contributed by atoms with Crippen LogP contribution in [0, 0.1) is 11.6 Å². The van der Waals surface area contributed by atoms with E-state index in [0.29, 0.717) is 37.9 Å². The third kappa shape index (κ3) is 9.79. The number of aliphatic hydroxyl groups excluding tert-OH is 1. The Morgan fingerprint density at radius 1 is 0.943 bits per heavy atom. The Bertz CT molecular complexity index is 1000. The Balaban J connectivity index is 1.56. The number of halogens is 2. The fourth-order valence-corrected chi connectivity index (χ4v) is 3.42. The van der Waals surface area contributed by atoms with E-state index in [1.165, 1.54) is 12.1 Å². The molecule has 0 aromatic heterocycles. The molecule has 10 heteroatoms. The summed E-state index contributed by atoms with van der Waals surface area (Å²) in [5.74, 6) is -2.84. The van der Waals surface area contributed by atoms with Crippen molar-refractivity contribution in [1.82, 2.24) is 10.6 Å². The summed E-state index contributed by atoms with van der Waals surface area (Å²) in [5.41, 5.74) is 6.99. The third-order valence-corrected chi connectivity index (χ3v) is 5.43. The summed E-state index contributed by atoms with van der Waals surface area (Å²) in [7, 11) is 0. The molecule has 0 aliphatic carbocycles. The minimum atomic E-state index is -1.42. The van der Waals surface area contributed by atoms with Gasteiger partial charge in [0.1, 0.15) is 17.7 Å². The standard InChI is InChI=1S/C25H31F2N3O5/c26-19-10-11-20(27)18(15-19)4-3-5-22(31)29-12-1-2-13-30-24(33)23(32)21(28)14-16-6-8-17(9-7-16)25(34)35/h6-11,15,21,23,32H,1-5,12-14,28H2,(H,29,31)(H,30,33)(H,34,35)/t21-,23+/m1/s1. The van der Waals surface area contributed by atoms with Gasteiger partial charge in [0.05, 0.1) is 5.56 Å². The highest BCUT2D eigenvalue weighted by atomic mass is 19.1. The van der Waals surface area contributed by atoms with Crippen LogP contribution in [-0.2, 0) is 22.4 Å². The van der Waals surface area contributed by atoms with Gasteiger partial charge >= 0.3 is 5.97 Å². The van der Waals surface area contributed by atoms with E-state index in [0.717, 1.165) is 18.2 Å². The van der Waals surface area contributed by atoms with Crippen LogP contribution < -0.4 is 16.4 Å². The predicted molar refractivity (Wildman–Crippen MR) is 126 cm³/mol. The molecule has 35 heavy (non-hydrogen) atoms. The predicted octanol–water partition coefficient (Wildman–Crippen LogP) is 1.93. The summed E-state index contributed by atoms with van der Waals surface area (Å²) in [6.45, 7) is 0.697. The molecule has 6 N–H and O–H groups in total. The van der Waals surface area contributed by atoms with Crippen molar-refractivity contribution < 1.29 is 33.4 Å². The average molecular weight is 492 g/mol. The number of hydrogen-bond donors (Lipinski definition) is 5. The fourth-order valence-electron chi connectivity index (χ4n) is 3.42. The van der Waals surface area contributed by atoms with Crippen LogP contribution in [0.3, 0.4) is 0 Å². The summed E-state index contributed by atoms with van der Waals surface area (Å²) >= 11 is 0. The van der Waals surface area contributed by atoms with E-state index in [4.69, 9.17) is 10.8 Å². The van der Waals surface area contributed by atoms with E-state index in [1.807, 2.05) is 0 Å². The number of aryl methyl sites for hydroxylation is 1. The number of carboxylic acids is 1. The Morgan fingerprint density at radius 3 is 2.26 bits per heavy atom. The van der Waals surface area contributed by atoms with Crippen molar-refractivity contribution in [2.75, 3.05) is 13.1 Å². The Labute approximate surface area is 202 Å². The van der Waals surface area contributed by atoms with Gasteiger partial charge < -0.3 is 26.6 Å². The lowest BCUT2D eigenvalue weighted by atomic mass is 10.0. The molecule has 8 nitrogen and oxygen atoms in total. The molecule has 2 amide bonds. The molecule has 0 aliphatic heterocycles. The van der Waals surface area contributed by atoms with Crippen LogP contribution in [0.2, 0.25) is 0 Å². The molecule has 190 valence electrons. The summed E-state index contributed by atoms with van der Waals surface area (Å²) in [6.07, 6.45) is 0.798. The van der Waals surface area contributed by atoms with Crippen LogP contribution in [0.1, 0.15) is 47.2 Å². The summed E-state index contributed by atoms with van der Waals surface area (Å²) in [4.78, 5) is 34.8. The van der Waals surface area contributed by atoms with Gasteiger partial charge in [0.2, 0.25) is 11.8 Å². The SMILES string of the molecule is N[C@H](Cc1ccc(C(=O)O)cc1)[C@H](O)C(=O)NCCCCNC(=O)CCCc1cc(F)ccc1F. The monoisotopic (exact) mass is 491 g/mol. The number of nitrogens with two attached hydrogens (primary N) is 1. The highest BCUT2D eigenvalue weighted by Gasteiger charge is 2.22. The number of aliphatic hydroxyl groups is 1. The number of unbranched alkanes of at least 4 members (excludes halogenated alkanes) is 1. The van der Waals surface area contributed by atoms with E-state index in [1.54, 1.807) is 12.1 Å². The maximum atomic E-state index is 13.6. The summed E-state index contributed by atoms with van der Waals surface area (Å²) in [6, 6.07) is 8.42. The number of aromatic carboxylic acids is 1. The highest BCUT2D eigenvalue weighted by molar-refractivity contribution is 5.87. The maximum absolute atomic E-state index is 13.6. The molecule has 0 aliphatic rings. The molecule has 0 fully saturated rings. The van der Waals surface area contributed by atoms with Crippen LogP contribution in [0.5, 0.6) is 0 Å². The zero-order valence-electron chi connectivity index (χ0n) is 19.3. The van der Waals surface area contributed by atoms with E-state index >= 15 is 0 Å². The Kier molecular flexibility index (Phi) is 11.2. The van der Waals surface area contributed by atoms with E-state index < -0.39 is 35.7 Å². The van der Waals surface area contributed by atoms with E-state index in [-0.39, 0.29) is 36.3 Å². The molecule has 0 spiro atoms. The van der Waals surface area contributed by atoms with E-state index in [2.05, 4.69) is 10.6 Å². The fraction of sp³-hybridized carbons (Fsp3) is 0.400. The first-order chi connectivity index (χ1) is 16.7. The first-order valence-electron chi connectivity index (χ1n) is 11.4. The van der Waals surface area contributed by atoms with Crippen molar-refractivity contribution in [2.45, 2.75) is 50.7 Å². The van der Waals surface area contributed by atoms with Crippen molar-refractivity contribution in [2.24, 2.45) is 5.73 Å². The molecule has 0 unspecified atom stereocenters. The van der Waals surface area contributed by atoms with Gasteiger partial charge in [-0.25, -0.2) is 13.6 Å². The van der Waals surface area contributed by atoms with Crippen molar-refractivity contribution in [1.29, 1.82) is 0 Å². The number of benzene rings is 2. The smallest absolute Gasteiger partial charge is 0.335 e. The first kappa shape index (κ1) is 27.9. The second-order valence-electron chi connectivity index (χ2n) is 8.25. The minimum absolute atomic E-state index is 0.135. The molecule has 2 rings (SSSR count). The molecular formula is C25H31F2N3O5. The molecule has 0 saturated heterocycles. The number of rotatable bonds is 14. The average Bonchev–Trinajstić information content (AvgIpc) is 2.83. The van der Waals surface area contributed by atoms with Crippen molar-refractivity contribution in [3.63, 3.8) is 0 Å². The van der Waals surface area contributed by atoms with Gasteiger partial charge in [0, 0.05) is 25.6 Å². The first-order valence-corrected chi connectivity index (χ1v) is 11.4. The van der Waals surface area contributed by atoms with Gasteiger partial charge in [-0.15, -0.1) is 0 Å². The molecule has 0 saturated carbocycles. The van der Waals surface area contributed by atoms with E-state index in [9.17, 15) is 28.3 Å². The Hall–Kier alpha value is -3.37. The molecule has 2 atom stereocenters. The van der Waals surface area contributed by atoms with Crippen molar-refractivity contribution >= 4 is 17.8 Å². The van der Waals surface area contributed by atoms with Gasteiger partial charge in [-0.2, -0.15) is 0 Å². The summed E-state index contributed by atoms with van der Waals surface area (Å²) in [5, 5.41) is 24.4. The van der Waals surface area contributed by atoms with Crippen LogP contribution >= 0.6 is 0 Å². The number of hydrogen-bond acceptors (Lipinski definition) is 5. The molecule has 0 heterocycles. The zero-order valence-corrected chi connectivity index (χ0v) is 19.3. The molecule has 0 radical (unpaired) electrons. The van der Waals surface area contributed by atoms with Crippen LogP contribution in [-0.4, -0.2) is 53.2 Å². The molecule has 2 aromatic rings. The largest absolute Gasteiger partial charge is 0.478 e. The number of carbonyl (C=O) groups excluding carboxylic acids is 2. The lowest BCUT2D eigenvalue weighted by Crippen LogP contribution is -2.47. The minimum Gasteiger partial charge on any atom is -0.478 e. The zero-order chi connectivity index (χ0) is 25.8. The van der Waals surface area contributed by atoms with Crippen LogP contribution in [0.15, 0.2) is 42.5 Å². The normalized spacial score (nSPS) is 12.6. The lowest BCUT2D eigenvalue weighted by Gasteiger charge is -2.18. The van der Waals surface area contributed by atoms with Crippen LogP contribution in [0.25, 0.3) is 0 Å². The highest BCUT2D eigenvalue weighted by Crippen LogP contribution is 2.13.